The number of hydrogen-bond acceptors (Lipinski definition) is 4. The quantitative estimate of drug-likeness (QED) is 0.688. The average molecular weight is 397 g/mol. The Balaban J connectivity index is 1.55. The van der Waals surface area contributed by atoms with Gasteiger partial charge in [-0.15, -0.1) is 0 Å². The molecule has 0 saturated carbocycles. The number of carbonyl (C=O) groups is 2. The first-order valence-electron chi connectivity index (χ1n) is 10.2. The number of piperazine rings is 1. The van der Waals surface area contributed by atoms with Crippen molar-refractivity contribution >= 4 is 12.2 Å². The van der Waals surface area contributed by atoms with Crippen LogP contribution in [0.4, 0.5) is 0 Å². The maximum absolute atomic E-state index is 12.9. The fourth-order valence-corrected chi connectivity index (χ4v) is 3.57. The second-order valence-electron chi connectivity index (χ2n) is 7.25. The highest BCUT2D eigenvalue weighted by molar-refractivity contribution is 5.81. The molecule has 1 amide bonds. The fourth-order valence-electron chi connectivity index (χ4n) is 3.57. The van der Waals surface area contributed by atoms with E-state index >= 15 is 0 Å². The molecule has 1 aliphatic heterocycles. The van der Waals surface area contributed by atoms with Crippen LogP contribution in [-0.2, 0) is 11.3 Å². The molecule has 6 heteroatoms. The number of nitrogens with zero attached hydrogens (tertiary/aromatic N) is 1. The highest BCUT2D eigenvalue weighted by Crippen LogP contribution is 2.29. The molecule has 2 aromatic rings. The minimum absolute atomic E-state index is 0.0225. The van der Waals surface area contributed by atoms with Crippen LogP contribution in [0.5, 0.6) is 11.5 Å². The van der Waals surface area contributed by atoms with Gasteiger partial charge in [0.25, 0.3) is 5.91 Å². The molecule has 1 aliphatic rings. The van der Waals surface area contributed by atoms with Gasteiger partial charge in [-0.25, -0.2) is 0 Å². The molecular formula is C23H29N2O4+. The first-order valence-corrected chi connectivity index (χ1v) is 10.2. The molecular weight excluding hydrogens is 368 g/mol. The van der Waals surface area contributed by atoms with Gasteiger partial charge in [-0.1, -0.05) is 30.3 Å². The van der Waals surface area contributed by atoms with E-state index in [9.17, 15) is 9.59 Å². The lowest BCUT2D eigenvalue weighted by Crippen LogP contribution is -3.13. The van der Waals surface area contributed by atoms with E-state index in [-0.39, 0.29) is 5.91 Å². The van der Waals surface area contributed by atoms with Crippen LogP contribution < -0.4 is 14.4 Å². The molecule has 6 nitrogen and oxygen atoms in total. The van der Waals surface area contributed by atoms with Crippen LogP contribution >= 0.6 is 0 Å². The first kappa shape index (κ1) is 20.9. The van der Waals surface area contributed by atoms with Crippen molar-refractivity contribution in [2.45, 2.75) is 26.5 Å². The summed E-state index contributed by atoms with van der Waals surface area (Å²) < 4.78 is 11.5. The summed E-state index contributed by atoms with van der Waals surface area (Å²) in [5, 5.41) is 0. The summed E-state index contributed by atoms with van der Waals surface area (Å²) in [6.45, 7) is 8.34. The Labute approximate surface area is 172 Å². The van der Waals surface area contributed by atoms with Crippen molar-refractivity contribution in [1.29, 1.82) is 0 Å². The lowest BCUT2D eigenvalue weighted by Gasteiger charge is -2.33. The van der Waals surface area contributed by atoms with Crippen LogP contribution in [0.1, 0.15) is 29.8 Å². The normalized spacial score (nSPS) is 15.6. The molecule has 0 radical (unpaired) electrons. The fraction of sp³-hybridized carbons (Fsp3) is 0.391. The van der Waals surface area contributed by atoms with Crippen molar-refractivity contribution in [3.8, 4) is 11.5 Å². The summed E-state index contributed by atoms with van der Waals surface area (Å²) >= 11 is 0. The maximum atomic E-state index is 12.9. The zero-order valence-electron chi connectivity index (χ0n) is 17.1. The Bertz CT molecular complexity index is 817. The van der Waals surface area contributed by atoms with Crippen molar-refractivity contribution in [2.75, 3.05) is 32.8 Å². The number of amides is 1. The molecule has 3 rings (SSSR count). The number of aldehydes is 1. The number of ether oxygens (including phenoxy) is 2. The Morgan fingerprint density at radius 3 is 2.52 bits per heavy atom. The molecule has 0 aromatic heterocycles. The van der Waals surface area contributed by atoms with Crippen molar-refractivity contribution in [3.05, 3.63) is 59.7 Å². The van der Waals surface area contributed by atoms with E-state index in [1.807, 2.05) is 17.9 Å². The summed E-state index contributed by atoms with van der Waals surface area (Å²) in [5.41, 5.74) is 1.83. The van der Waals surface area contributed by atoms with Gasteiger partial charge in [-0.2, -0.15) is 0 Å². The molecule has 1 fully saturated rings. The Hall–Kier alpha value is -2.86. The summed E-state index contributed by atoms with van der Waals surface area (Å²) in [6, 6.07) is 15.4. The molecule has 0 aliphatic carbocycles. The molecule has 1 N–H and O–H groups in total. The zero-order valence-corrected chi connectivity index (χ0v) is 17.1. The standard InChI is InChI=1S/C23H28N2O4/c1-3-28-22-15-20(17-26)9-10-21(22)29-18(2)23(27)25-13-11-24(12-14-25)16-19-7-5-4-6-8-19/h4-10,15,17-18H,3,11-14,16H2,1-2H3/p+1/t18-/m1/s1. The molecule has 0 unspecified atom stereocenters. The summed E-state index contributed by atoms with van der Waals surface area (Å²) in [6.07, 6.45) is 0.143. The lowest BCUT2D eigenvalue weighted by atomic mass is 10.2. The smallest absolute Gasteiger partial charge is 0.263 e. The minimum atomic E-state index is -0.619. The second-order valence-corrected chi connectivity index (χ2v) is 7.25. The van der Waals surface area contributed by atoms with Gasteiger partial charge in [0.15, 0.2) is 17.6 Å². The van der Waals surface area contributed by atoms with Crippen LogP contribution in [0.25, 0.3) is 0 Å². The number of quaternary nitrogens is 1. The van der Waals surface area contributed by atoms with E-state index in [4.69, 9.17) is 9.47 Å². The summed E-state index contributed by atoms with van der Waals surface area (Å²) in [5.74, 6) is 0.936. The number of rotatable bonds is 8. The number of carbonyl (C=O) groups excluding carboxylic acids is 2. The van der Waals surface area contributed by atoms with Gasteiger partial charge in [-0.05, 0) is 32.0 Å². The molecule has 1 saturated heterocycles. The molecule has 1 heterocycles. The zero-order chi connectivity index (χ0) is 20.6. The van der Waals surface area contributed by atoms with Crippen molar-refractivity contribution < 1.29 is 24.0 Å². The van der Waals surface area contributed by atoms with Crippen molar-refractivity contribution in [1.82, 2.24) is 4.90 Å². The monoisotopic (exact) mass is 397 g/mol. The van der Waals surface area contributed by atoms with E-state index in [2.05, 4.69) is 24.3 Å². The topological polar surface area (TPSA) is 60.3 Å². The Kier molecular flexibility index (Phi) is 7.25. The van der Waals surface area contributed by atoms with Gasteiger partial charge in [0.1, 0.15) is 12.8 Å². The number of benzene rings is 2. The highest BCUT2D eigenvalue weighted by Gasteiger charge is 2.28. The van der Waals surface area contributed by atoms with Crippen LogP contribution in [0.15, 0.2) is 48.5 Å². The molecule has 154 valence electrons. The van der Waals surface area contributed by atoms with E-state index in [1.54, 1.807) is 25.1 Å². The first-order chi connectivity index (χ1) is 14.1. The van der Waals surface area contributed by atoms with Gasteiger partial charge in [0.2, 0.25) is 0 Å². The number of nitrogens with one attached hydrogen (secondary N) is 1. The van der Waals surface area contributed by atoms with Crippen LogP contribution in [-0.4, -0.2) is 56.0 Å². The average Bonchev–Trinajstić information content (AvgIpc) is 2.76. The van der Waals surface area contributed by atoms with E-state index in [0.717, 1.165) is 39.0 Å². The largest absolute Gasteiger partial charge is 0.490 e. The van der Waals surface area contributed by atoms with E-state index in [1.165, 1.54) is 10.5 Å². The van der Waals surface area contributed by atoms with Crippen molar-refractivity contribution in [3.63, 3.8) is 0 Å². The van der Waals surface area contributed by atoms with E-state index in [0.29, 0.717) is 23.7 Å². The predicted molar refractivity (Wildman–Crippen MR) is 111 cm³/mol. The highest BCUT2D eigenvalue weighted by atomic mass is 16.5. The SMILES string of the molecule is CCOc1cc(C=O)ccc1O[C@H](C)C(=O)N1CC[NH+](Cc2ccccc2)CC1. The maximum Gasteiger partial charge on any atom is 0.263 e. The van der Waals surface area contributed by atoms with E-state index < -0.39 is 6.10 Å². The minimum Gasteiger partial charge on any atom is -0.490 e. The van der Waals surface area contributed by atoms with Crippen LogP contribution in [0, 0.1) is 0 Å². The van der Waals surface area contributed by atoms with Gasteiger partial charge < -0.3 is 19.3 Å². The number of hydrogen-bond donors (Lipinski definition) is 1. The Morgan fingerprint density at radius 2 is 1.86 bits per heavy atom. The third kappa shape index (κ3) is 5.57. The molecule has 0 spiro atoms. The molecule has 29 heavy (non-hydrogen) atoms. The Morgan fingerprint density at radius 1 is 1.14 bits per heavy atom. The lowest BCUT2D eigenvalue weighted by molar-refractivity contribution is -0.917. The predicted octanol–water partition coefficient (Wildman–Crippen LogP) is 1.59. The van der Waals surface area contributed by atoms with Crippen LogP contribution in [0.2, 0.25) is 0 Å². The third-order valence-corrected chi connectivity index (χ3v) is 5.13. The second kappa shape index (κ2) is 10.1. The molecule has 2 aromatic carbocycles. The third-order valence-electron chi connectivity index (χ3n) is 5.13. The van der Waals surface area contributed by atoms with Gasteiger partial charge in [0.05, 0.1) is 32.8 Å². The van der Waals surface area contributed by atoms with Crippen LogP contribution in [0.3, 0.4) is 0 Å². The van der Waals surface area contributed by atoms with Crippen molar-refractivity contribution in [2.24, 2.45) is 0 Å². The van der Waals surface area contributed by atoms with Gasteiger partial charge in [-0.3, -0.25) is 9.59 Å². The summed E-state index contributed by atoms with van der Waals surface area (Å²) in [7, 11) is 0. The summed E-state index contributed by atoms with van der Waals surface area (Å²) in [4.78, 5) is 27.2. The van der Waals surface area contributed by atoms with Gasteiger partial charge in [0, 0.05) is 11.1 Å². The molecule has 0 bridgehead atoms. The van der Waals surface area contributed by atoms with Gasteiger partial charge >= 0.3 is 0 Å². The molecule has 1 atom stereocenters.